The van der Waals surface area contributed by atoms with Gasteiger partial charge in [0.25, 0.3) is 0 Å². The van der Waals surface area contributed by atoms with Crippen LogP contribution in [0.2, 0.25) is 0 Å². The summed E-state index contributed by atoms with van der Waals surface area (Å²) in [7, 11) is 0. The van der Waals surface area contributed by atoms with Crippen molar-refractivity contribution in [2.45, 2.75) is 46.3 Å². The van der Waals surface area contributed by atoms with E-state index in [1.807, 2.05) is 27.7 Å². The molecule has 1 aromatic heterocycles. The summed E-state index contributed by atoms with van der Waals surface area (Å²) in [4.78, 5) is 4.19. The van der Waals surface area contributed by atoms with E-state index in [1.54, 1.807) is 4.68 Å². The fraction of sp³-hybridized carbons (Fsp3) is 0.700. The smallest absolute Gasteiger partial charge is 0.147 e. The molecule has 1 atom stereocenters. The summed E-state index contributed by atoms with van der Waals surface area (Å²) in [5, 5.41) is 16.3. The summed E-state index contributed by atoms with van der Waals surface area (Å²) < 4.78 is 1.76. The van der Waals surface area contributed by atoms with Gasteiger partial charge in [0.2, 0.25) is 0 Å². The number of nitrogens with one attached hydrogen (secondary N) is 1. The maximum atomic E-state index is 8.96. The second-order valence-electron chi connectivity index (χ2n) is 3.89. The number of hydrogen-bond donors (Lipinski definition) is 1. The predicted octanol–water partition coefficient (Wildman–Crippen LogP) is 0.785. The highest BCUT2D eigenvalue weighted by atomic mass is 15.3. The summed E-state index contributed by atoms with van der Waals surface area (Å²) in [5.74, 6) is 1.59. The highest BCUT2D eigenvalue weighted by Crippen LogP contribution is 1.98. The Morgan fingerprint density at radius 3 is 2.53 bits per heavy atom. The first-order chi connectivity index (χ1) is 7.02. The van der Waals surface area contributed by atoms with Gasteiger partial charge in [-0.2, -0.15) is 10.4 Å². The van der Waals surface area contributed by atoms with Gasteiger partial charge in [-0.3, -0.25) is 5.32 Å². The van der Waals surface area contributed by atoms with Gasteiger partial charge in [-0.25, -0.2) is 9.67 Å². The van der Waals surface area contributed by atoms with Gasteiger partial charge < -0.3 is 0 Å². The van der Waals surface area contributed by atoms with Gasteiger partial charge in [0.15, 0.2) is 0 Å². The van der Waals surface area contributed by atoms with Crippen molar-refractivity contribution in [3.8, 4) is 6.07 Å². The Balaban J connectivity index is 2.67. The van der Waals surface area contributed by atoms with Crippen molar-refractivity contribution >= 4 is 0 Å². The van der Waals surface area contributed by atoms with Crippen LogP contribution in [0.5, 0.6) is 0 Å². The third-order valence-corrected chi connectivity index (χ3v) is 2.01. The second-order valence-corrected chi connectivity index (χ2v) is 3.89. The molecule has 1 rings (SSSR count). The fourth-order valence-electron chi connectivity index (χ4n) is 1.44. The zero-order valence-corrected chi connectivity index (χ0v) is 9.65. The molecule has 82 valence electrons. The maximum absolute atomic E-state index is 8.96. The highest BCUT2D eigenvalue weighted by molar-refractivity contribution is 4.94. The van der Waals surface area contributed by atoms with Crippen LogP contribution in [0.15, 0.2) is 0 Å². The average molecular weight is 207 g/mol. The van der Waals surface area contributed by atoms with Gasteiger partial charge in [-0.15, -0.1) is 0 Å². The lowest BCUT2D eigenvalue weighted by atomic mass is 10.2. The number of rotatable bonds is 4. The van der Waals surface area contributed by atoms with Crippen LogP contribution >= 0.6 is 0 Å². The van der Waals surface area contributed by atoms with E-state index < -0.39 is 0 Å². The van der Waals surface area contributed by atoms with E-state index in [4.69, 9.17) is 5.26 Å². The Morgan fingerprint density at radius 2 is 2.13 bits per heavy atom. The van der Waals surface area contributed by atoms with Crippen molar-refractivity contribution in [3.63, 3.8) is 0 Å². The number of nitrogens with zero attached hydrogens (tertiary/aromatic N) is 4. The molecular formula is C10H17N5. The summed E-state index contributed by atoms with van der Waals surface area (Å²) in [6.07, 6.45) is 0. The molecule has 1 heterocycles. The van der Waals surface area contributed by atoms with E-state index in [0.717, 1.165) is 11.6 Å². The summed E-state index contributed by atoms with van der Waals surface area (Å²) >= 11 is 0. The summed E-state index contributed by atoms with van der Waals surface area (Å²) in [6, 6.07) is 2.29. The van der Waals surface area contributed by atoms with E-state index >= 15 is 0 Å². The topological polar surface area (TPSA) is 66.5 Å². The minimum absolute atomic E-state index is 0.218. The molecule has 1 N–H and O–H groups in total. The lowest BCUT2D eigenvalue weighted by Crippen LogP contribution is -2.37. The molecule has 0 aliphatic carbocycles. The quantitative estimate of drug-likeness (QED) is 0.792. The van der Waals surface area contributed by atoms with Crippen LogP contribution in [0.4, 0.5) is 0 Å². The van der Waals surface area contributed by atoms with Crippen molar-refractivity contribution in [1.82, 2.24) is 20.1 Å². The second kappa shape index (κ2) is 4.89. The monoisotopic (exact) mass is 207 g/mol. The van der Waals surface area contributed by atoms with Crippen molar-refractivity contribution in [2.24, 2.45) is 0 Å². The van der Waals surface area contributed by atoms with Crippen molar-refractivity contribution in [2.75, 3.05) is 0 Å². The Hall–Kier alpha value is -1.41. The molecule has 0 aliphatic heterocycles. The summed E-state index contributed by atoms with van der Waals surface area (Å²) in [6.45, 7) is 8.32. The van der Waals surface area contributed by atoms with E-state index in [2.05, 4.69) is 21.5 Å². The Morgan fingerprint density at radius 1 is 1.47 bits per heavy atom. The predicted molar refractivity (Wildman–Crippen MR) is 57.2 cm³/mol. The van der Waals surface area contributed by atoms with Crippen LogP contribution in [0.25, 0.3) is 0 Å². The van der Waals surface area contributed by atoms with Crippen molar-refractivity contribution in [3.05, 3.63) is 11.6 Å². The van der Waals surface area contributed by atoms with Crippen LogP contribution in [0, 0.1) is 25.2 Å². The molecule has 0 saturated carbocycles. The summed E-state index contributed by atoms with van der Waals surface area (Å²) in [5.41, 5.74) is 0. The average Bonchev–Trinajstić information content (AvgIpc) is 2.43. The molecule has 15 heavy (non-hydrogen) atoms. The Labute approximate surface area is 90.1 Å². The molecule has 0 amide bonds. The molecule has 0 radical (unpaired) electrons. The van der Waals surface area contributed by atoms with E-state index in [0.29, 0.717) is 12.6 Å². The first-order valence-electron chi connectivity index (χ1n) is 5.06. The molecule has 1 aromatic rings. The van der Waals surface area contributed by atoms with Gasteiger partial charge in [0, 0.05) is 6.04 Å². The molecule has 5 heteroatoms. The maximum Gasteiger partial charge on any atom is 0.147 e. The van der Waals surface area contributed by atoms with Crippen LogP contribution in [-0.4, -0.2) is 26.8 Å². The largest absolute Gasteiger partial charge is 0.298 e. The minimum atomic E-state index is -0.218. The van der Waals surface area contributed by atoms with Gasteiger partial charge in [-0.1, -0.05) is 0 Å². The molecular weight excluding hydrogens is 190 g/mol. The normalized spacial score (nSPS) is 12.8. The fourth-order valence-corrected chi connectivity index (χ4v) is 1.44. The number of nitriles is 1. The number of aromatic nitrogens is 3. The molecule has 0 saturated heterocycles. The molecule has 5 nitrogen and oxygen atoms in total. The van der Waals surface area contributed by atoms with Crippen LogP contribution in [0.3, 0.4) is 0 Å². The van der Waals surface area contributed by atoms with E-state index in [1.165, 1.54) is 0 Å². The van der Waals surface area contributed by atoms with Gasteiger partial charge >= 0.3 is 0 Å². The van der Waals surface area contributed by atoms with E-state index in [9.17, 15) is 0 Å². The van der Waals surface area contributed by atoms with Gasteiger partial charge in [0.05, 0.1) is 12.6 Å². The Bertz CT molecular complexity index is 360. The first kappa shape index (κ1) is 11.7. The lowest BCUT2D eigenvalue weighted by Gasteiger charge is -2.14. The molecule has 0 spiro atoms. The number of hydrogen-bond acceptors (Lipinski definition) is 4. The van der Waals surface area contributed by atoms with Crippen LogP contribution in [0.1, 0.15) is 25.5 Å². The molecule has 0 bridgehead atoms. The SMILES string of the molecule is Cc1nc(C)n(CC(C#N)NC(C)C)n1. The zero-order valence-electron chi connectivity index (χ0n) is 9.65. The highest BCUT2D eigenvalue weighted by Gasteiger charge is 2.12. The van der Waals surface area contributed by atoms with Crippen LogP contribution in [-0.2, 0) is 6.54 Å². The lowest BCUT2D eigenvalue weighted by molar-refractivity contribution is 0.449. The molecule has 0 fully saturated rings. The van der Waals surface area contributed by atoms with Gasteiger partial charge in [-0.05, 0) is 27.7 Å². The molecule has 0 aliphatic rings. The third-order valence-electron chi connectivity index (χ3n) is 2.01. The standard InChI is InChI=1S/C10H17N5/c1-7(2)12-10(5-11)6-15-9(4)13-8(3)14-15/h7,10,12H,6H2,1-4H3. The van der Waals surface area contributed by atoms with Crippen molar-refractivity contribution < 1.29 is 0 Å². The first-order valence-corrected chi connectivity index (χ1v) is 5.06. The van der Waals surface area contributed by atoms with Crippen LogP contribution < -0.4 is 5.32 Å². The van der Waals surface area contributed by atoms with Crippen molar-refractivity contribution in [1.29, 1.82) is 5.26 Å². The Kier molecular flexibility index (Phi) is 3.81. The minimum Gasteiger partial charge on any atom is -0.298 e. The number of aryl methyl sites for hydroxylation is 2. The third kappa shape index (κ3) is 3.33. The van der Waals surface area contributed by atoms with Gasteiger partial charge in [0.1, 0.15) is 17.7 Å². The van der Waals surface area contributed by atoms with E-state index in [-0.39, 0.29) is 6.04 Å². The molecule has 0 aromatic carbocycles. The zero-order chi connectivity index (χ0) is 11.4. The molecule has 1 unspecified atom stereocenters.